The highest BCUT2D eigenvalue weighted by Gasteiger charge is 2.16. The fraction of sp³-hybridized carbons (Fsp3) is 0.429. The average Bonchev–Trinajstić information content (AvgIpc) is 2.27. The second-order valence-electron chi connectivity index (χ2n) is 4.81. The summed E-state index contributed by atoms with van der Waals surface area (Å²) in [5, 5.41) is 11.6. The molecule has 0 atom stereocenters. The lowest BCUT2D eigenvalue weighted by atomic mass is 10.2. The first-order valence-electron chi connectivity index (χ1n) is 6.21. The lowest BCUT2D eigenvalue weighted by Gasteiger charge is -2.23. The van der Waals surface area contributed by atoms with Gasteiger partial charge in [-0.3, -0.25) is 14.5 Å². The smallest absolute Gasteiger partial charge is 0.317 e. The minimum atomic E-state index is -0.933. The molecule has 0 aliphatic carbocycles. The second-order valence-corrected chi connectivity index (χ2v) is 4.81. The van der Waals surface area contributed by atoms with Gasteiger partial charge in [-0.1, -0.05) is 12.1 Å². The third kappa shape index (κ3) is 5.52. The van der Waals surface area contributed by atoms with Crippen LogP contribution in [0.5, 0.6) is 0 Å². The molecule has 0 heterocycles. The minimum Gasteiger partial charge on any atom is -0.480 e. The summed E-state index contributed by atoms with van der Waals surface area (Å²) in [7, 11) is 0. The van der Waals surface area contributed by atoms with Crippen molar-refractivity contribution < 1.29 is 14.7 Å². The summed E-state index contributed by atoms with van der Waals surface area (Å²) in [4.78, 5) is 24.2. The van der Waals surface area contributed by atoms with Crippen LogP contribution in [0.1, 0.15) is 19.4 Å². The molecule has 104 valence electrons. The first kappa shape index (κ1) is 15.2. The van der Waals surface area contributed by atoms with E-state index in [-0.39, 0.29) is 25.0 Å². The van der Waals surface area contributed by atoms with E-state index in [9.17, 15) is 9.59 Å². The van der Waals surface area contributed by atoms with Crippen LogP contribution in [0.2, 0.25) is 0 Å². The number of hydrogen-bond acceptors (Lipinski definition) is 3. The Morgan fingerprint density at radius 3 is 2.53 bits per heavy atom. The van der Waals surface area contributed by atoms with Crippen molar-refractivity contribution in [1.29, 1.82) is 0 Å². The van der Waals surface area contributed by atoms with Crippen molar-refractivity contribution in [3.8, 4) is 0 Å². The molecule has 0 aliphatic heterocycles. The van der Waals surface area contributed by atoms with E-state index >= 15 is 0 Å². The predicted molar refractivity (Wildman–Crippen MR) is 74.2 cm³/mol. The van der Waals surface area contributed by atoms with Crippen molar-refractivity contribution in [2.75, 3.05) is 18.4 Å². The largest absolute Gasteiger partial charge is 0.480 e. The van der Waals surface area contributed by atoms with Gasteiger partial charge in [0.2, 0.25) is 5.91 Å². The number of carboxylic acids is 1. The molecule has 19 heavy (non-hydrogen) atoms. The highest BCUT2D eigenvalue weighted by atomic mass is 16.4. The molecule has 0 saturated heterocycles. The van der Waals surface area contributed by atoms with Gasteiger partial charge in [0.1, 0.15) is 0 Å². The van der Waals surface area contributed by atoms with Crippen molar-refractivity contribution in [2.24, 2.45) is 0 Å². The van der Waals surface area contributed by atoms with Crippen LogP contribution in [0.15, 0.2) is 24.3 Å². The summed E-state index contributed by atoms with van der Waals surface area (Å²) >= 11 is 0. The minimum absolute atomic E-state index is 0.000593. The van der Waals surface area contributed by atoms with Crippen molar-refractivity contribution in [3.63, 3.8) is 0 Å². The molecule has 1 rings (SSSR count). The first-order valence-corrected chi connectivity index (χ1v) is 6.21. The van der Waals surface area contributed by atoms with Gasteiger partial charge in [0, 0.05) is 11.7 Å². The van der Waals surface area contributed by atoms with Crippen molar-refractivity contribution >= 4 is 17.6 Å². The SMILES string of the molecule is Cc1cccc(NC(=O)CN(CC(=O)O)C(C)C)c1. The summed E-state index contributed by atoms with van der Waals surface area (Å²) in [5.74, 6) is -1.14. The Balaban J connectivity index is 2.60. The number of benzene rings is 1. The zero-order chi connectivity index (χ0) is 14.4. The monoisotopic (exact) mass is 264 g/mol. The standard InChI is InChI=1S/C14H20N2O3/c1-10(2)16(9-14(18)19)8-13(17)15-12-6-4-5-11(3)7-12/h4-7,10H,8-9H2,1-3H3,(H,15,17)(H,18,19). The Morgan fingerprint density at radius 2 is 2.00 bits per heavy atom. The van der Waals surface area contributed by atoms with E-state index in [4.69, 9.17) is 5.11 Å². The Bertz CT molecular complexity index is 458. The van der Waals surface area contributed by atoms with E-state index in [1.165, 1.54) is 0 Å². The van der Waals surface area contributed by atoms with Gasteiger partial charge < -0.3 is 10.4 Å². The highest BCUT2D eigenvalue weighted by molar-refractivity contribution is 5.92. The molecular weight excluding hydrogens is 244 g/mol. The lowest BCUT2D eigenvalue weighted by Crippen LogP contribution is -2.41. The van der Waals surface area contributed by atoms with Crippen LogP contribution in [0.4, 0.5) is 5.69 Å². The average molecular weight is 264 g/mol. The Morgan fingerprint density at radius 1 is 1.32 bits per heavy atom. The van der Waals surface area contributed by atoms with Crippen molar-refractivity contribution in [3.05, 3.63) is 29.8 Å². The van der Waals surface area contributed by atoms with Gasteiger partial charge in [0.25, 0.3) is 0 Å². The number of nitrogens with zero attached hydrogens (tertiary/aromatic N) is 1. The maximum atomic E-state index is 11.9. The number of aryl methyl sites for hydroxylation is 1. The van der Waals surface area contributed by atoms with Gasteiger partial charge in [-0.2, -0.15) is 0 Å². The van der Waals surface area contributed by atoms with Gasteiger partial charge in [0.05, 0.1) is 13.1 Å². The van der Waals surface area contributed by atoms with Crippen LogP contribution < -0.4 is 5.32 Å². The lowest BCUT2D eigenvalue weighted by molar-refractivity contribution is -0.139. The summed E-state index contributed by atoms with van der Waals surface area (Å²) in [6, 6.07) is 7.49. The van der Waals surface area contributed by atoms with E-state index < -0.39 is 5.97 Å². The Labute approximate surface area is 113 Å². The van der Waals surface area contributed by atoms with E-state index in [1.54, 1.807) is 4.90 Å². The quantitative estimate of drug-likeness (QED) is 0.821. The molecule has 5 nitrogen and oxygen atoms in total. The number of carbonyl (C=O) groups excluding carboxylic acids is 1. The van der Waals surface area contributed by atoms with Gasteiger partial charge in [0.15, 0.2) is 0 Å². The fourth-order valence-corrected chi connectivity index (χ4v) is 1.70. The van der Waals surface area contributed by atoms with Crippen LogP contribution in [0.25, 0.3) is 0 Å². The van der Waals surface area contributed by atoms with Gasteiger partial charge >= 0.3 is 5.97 Å². The second kappa shape index (κ2) is 6.89. The summed E-state index contributed by atoms with van der Waals surface area (Å²) < 4.78 is 0. The third-order valence-electron chi connectivity index (χ3n) is 2.72. The van der Waals surface area contributed by atoms with Crippen LogP contribution in [0.3, 0.4) is 0 Å². The number of carbonyl (C=O) groups is 2. The van der Waals surface area contributed by atoms with Gasteiger partial charge in [-0.25, -0.2) is 0 Å². The number of rotatable bonds is 6. The highest BCUT2D eigenvalue weighted by Crippen LogP contribution is 2.09. The zero-order valence-electron chi connectivity index (χ0n) is 11.5. The van der Waals surface area contributed by atoms with Gasteiger partial charge in [-0.05, 0) is 38.5 Å². The predicted octanol–water partition coefficient (Wildman–Crippen LogP) is 1.73. The maximum absolute atomic E-state index is 11.9. The molecule has 1 aromatic carbocycles. The fourth-order valence-electron chi connectivity index (χ4n) is 1.70. The molecule has 0 aliphatic rings. The van der Waals surface area contributed by atoms with E-state index in [2.05, 4.69) is 5.32 Å². The van der Waals surface area contributed by atoms with Crippen LogP contribution in [-0.4, -0.2) is 41.0 Å². The van der Waals surface area contributed by atoms with E-state index in [1.807, 2.05) is 45.0 Å². The maximum Gasteiger partial charge on any atom is 0.317 e. The number of anilines is 1. The van der Waals surface area contributed by atoms with Crippen LogP contribution in [-0.2, 0) is 9.59 Å². The molecule has 5 heteroatoms. The molecular formula is C14H20N2O3. The normalized spacial score (nSPS) is 10.8. The molecule has 0 unspecified atom stereocenters. The zero-order valence-corrected chi connectivity index (χ0v) is 11.5. The number of hydrogen-bond donors (Lipinski definition) is 2. The molecule has 0 spiro atoms. The summed E-state index contributed by atoms with van der Waals surface area (Å²) in [5.41, 5.74) is 1.79. The molecule has 0 fully saturated rings. The molecule has 0 bridgehead atoms. The number of amides is 1. The molecule has 1 aromatic rings. The number of carboxylic acid groups (broad SMARTS) is 1. The summed E-state index contributed by atoms with van der Waals surface area (Å²) in [6.45, 7) is 5.60. The molecule has 0 saturated carbocycles. The third-order valence-corrected chi connectivity index (χ3v) is 2.72. The topological polar surface area (TPSA) is 69.6 Å². The first-order chi connectivity index (χ1) is 8.88. The molecule has 0 radical (unpaired) electrons. The Kier molecular flexibility index (Phi) is 5.51. The molecule has 2 N–H and O–H groups in total. The van der Waals surface area contributed by atoms with Crippen LogP contribution >= 0.6 is 0 Å². The Hall–Kier alpha value is -1.88. The van der Waals surface area contributed by atoms with Gasteiger partial charge in [-0.15, -0.1) is 0 Å². The van der Waals surface area contributed by atoms with Crippen LogP contribution in [0, 0.1) is 6.92 Å². The van der Waals surface area contributed by atoms with Crippen molar-refractivity contribution in [2.45, 2.75) is 26.8 Å². The van der Waals surface area contributed by atoms with E-state index in [0.29, 0.717) is 0 Å². The summed E-state index contributed by atoms with van der Waals surface area (Å²) in [6.07, 6.45) is 0. The molecule has 1 amide bonds. The van der Waals surface area contributed by atoms with E-state index in [0.717, 1.165) is 11.3 Å². The number of nitrogens with one attached hydrogen (secondary N) is 1. The number of aliphatic carboxylic acids is 1. The molecule has 0 aromatic heterocycles. The van der Waals surface area contributed by atoms with Crippen molar-refractivity contribution in [1.82, 2.24) is 4.90 Å².